The van der Waals surface area contributed by atoms with E-state index in [2.05, 4.69) is 41.5 Å². The second-order valence-electron chi connectivity index (χ2n) is 5.18. The number of hydrogen-bond donors (Lipinski definition) is 2. The number of benzene rings is 1. The van der Waals surface area contributed by atoms with Crippen LogP contribution < -0.4 is 10.6 Å². The van der Waals surface area contributed by atoms with Gasteiger partial charge in [-0.3, -0.25) is 0 Å². The average molecular weight is 359 g/mol. The molecule has 0 spiro atoms. The monoisotopic (exact) mass is 358 g/mol. The van der Waals surface area contributed by atoms with Crippen LogP contribution in [-0.2, 0) is 0 Å². The molecule has 2 N–H and O–H groups in total. The van der Waals surface area contributed by atoms with Gasteiger partial charge in [-0.2, -0.15) is 20.2 Å². The molecule has 7 heteroatoms. The zero-order valence-electron chi connectivity index (χ0n) is 11.9. The summed E-state index contributed by atoms with van der Waals surface area (Å²) in [4.78, 5) is 12.6. The van der Waals surface area contributed by atoms with Crippen molar-refractivity contribution in [3.63, 3.8) is 0 Å². The van der Waals surface area contributed by atoms with Gasteiger partial charge in [-0.1, -0.05) is 34.8 Å². The third-order valence-corrected chi connectivity index (χ3v) is 4.00. The molecule has 0 radical (unpaired) electrons. The van der Waals surface area contributed by atoms with Crippen molar-refractivity contribution < 1.29 is 0 Å². The largest absolute Gasteiger partial charge is 0.351 e. The molecule has 0 saturated heterocycles. The van der Waals surface area contributed by atoms with E-state index in [9.17, 15) is 0 Å². The van der Waals surface area contributed by atoms with Crippen LogP contribution in [-0.4, -0.2) is 21.0 Å². The van der Waals surface area contributed by atoms with Crippen LogP contribution in [0.5, 0.6) is 0 Å². The second kappa shape index (κ2) is 6.71. The number of rotatable bonds is 4. The highest BCUT2D eigenvalue weighted by Crippen LogP contribution is 2.22. The van der Waals surface area contributed by atoms with Gasteiger partial charge in [-0.05, 0) is 31.0 Å². The zero-order valence-corrected chi connectivity index (χ0v) is 13.5. The van der Waals surface area contributed by atoms with Crippen molar-refractivity contribution in [2.75, 3.05) is 10.6 Å². The molecular formula is C15H15BrN6. The maximum Gasteiger partial charge on any atom is 0.238 e. The lowest BCUT2D eigenvalue weighted by atomic mass is 10.2. The number of nitrogens with one attached hydrogen (secondary N) is 2. The number of anilines is 3. The molecule has 0 amide bonds. The first kappa shape index (κ1) is 14.7. The number of nitriles is 1. The highest BCUT2D eigenvalue weighted by Gasteiger charge is 2.16. The summed E-state index contributed by atoms with van der Waals surface area (Å²) in [7, 11) is 0. The summed E-state index contributed by atoms with van der Waals surface area (Å²) in [5.41, 5.74) is 0.844. The maximum absolute atomic E-state index is 9.09. The van der Waals surface area contributed by atoms with Crippen LogP contribution >= 0.6 is 15.9 Å². The highest BCUT2D eigenvalue weighted by molar-refractivity contribution is 9.10. The minimum atomic E-state index is 0.105. The van der Waals surface area contributed by atoms with Gasteiger partial charge in [0.25, 0.3) is 0 Å². The topological polar surface area (TPSA) is 86.5 Å². The van der Waals surface area contributed by atoms with Crippen molar-refractivity contribution in [3.05, 3.63) is 34.6 Å². The molecular weight excluding hydrogens is 344 g/mol. The molecule has 1 heterocycles. The van der Waals surface area contributed by atoms with Gasteiger partial charge in [0.15, 0.2) is 0 Å². The normalized spacial score (nSPS) is 14.5. The number of nitrogens with zero attached hydrogens (tertiary/aromatic N) is 4. The van der Waals surface area contributed by atoms with Crippen molar-refractivity contribution in [2.24, 2.45) is 0 Å². The van der Waals surface area contributed by atoms with E-state index in [0.29, 0.717) is 17.9 Å². The first-order chi connectivity index (χ1) is 10.7. The number of hydrogen-bond acceptors (Lipinski definition) is 6. The first-order valence-electron chi connectivity index (χ1n) is 7.18. The molecule has 1 aromatic carbocycles. The molecule has 1 fully saturated rings. The van der Waals surface area contributed by atoms with E-state index < -0.39 is 0 Å². The third kappa shape index (κ3) is 3.71. The van der Waals surface area contributed by atoms with Crippen LogP contribution in [0.4, 0.5) is 17.6 Å². The van der Waals surface area contributed by atoms with Crippen LogP contribution in [0.1, 0.15) is 31.5 Å². The van der Waals surface area contributed by atoms with Gasteiger partial charge in [0.2, 0.25) is 17.7 Å². The average Bonchev–Trinajstić information content (AvgIpc) is 3.00. The van der Waals surface area contributed by atoms with Gasteiger partial charge in [0.05, 0.1) is 0 Å². The van der Waals surface area contributed by atoms with Crippen LogP contribution in [0, 0.1) is 11.3 Å². The van der Waals surface area contributed by atoms with E-state index >= 15 is 0 Å². The van der Waals surface area contributed by atoms with Crippen molar-refractivity contribution in [3.8, 4) is 6.07 Å². The third-order valence-electron chi connectivity index (χ3n) is 3.50. The van der Waals surface area contributed by atoms with Crippen LogP contribution in [0.2, 0.25) is 0 Å². The fourth-order valence-electron chi connectivity index (χ4n) is 2.49. The predicted octanol–water partition coefficient (Wildman–Crippen LogP) is 3.60. The molecule has 0 unspecified atom stereocenters. The summed E-state index contributed by atoms with van der Waals surface area (Å²) in [6.07, 6.45) is 4.66. The van der Waals surface area contributed by atoms with Crippen molar-refractivity contribution >= 4 is 33.5 Å². The molecule has 0 aliphatic heterocycles. The van der Waals surface area contributed by atoms with Crippen molar-refractivity contribution in [1.82, 2.24) is 15.0 Å². The maximum atomic E-state index is 9.09. The lowest BCUT2D eigenvalue weighted by molar-refractivity contribution is 0.742. The highest BCUT2D eigenvalue weighted by atomic mass is 79.9. The zero-order chi connectivity index (χ0) is 15.4. The van der Waals surface area contributed by atoms with E-state index in [0.717, 1.165) is 23.0 Å². The summed E-state index contributed by atoms with van der Waals surface area (Å²) in [6, 6.07) is 10.0. The molecule has 1 saturated carbocycles. The van der Waals surface area contributed by atoms with Crippen molar-refractivity contribution in [1.29, 1.82) is 5.26 Å². The quantitative estimate of drug-likeness (QED) is 0.867. The van der Waals surface area contributed by atoms with Gasteiger partial charge in [0, 0.05) is 16.2 Å². The van der Waals surface area contributed by atoms with Crippen LogP contribution in [0.15, 0.2) is 28.7 Å². The Morgan fingerprint density at radius 1 is 1.14 bits per heavy atom. The minimum Gasteiger partial charge on any atom is -0.351 e. The SMILES string of the molecule is N#Cc1nc(Nc2cccc(Br)c2)nc(NC2CCCC2)n1. The lowest BCUT2D eigenvalue weighted by Gasteiger charge is -2.12. The predicted molar refractivity (Wildman–Crippen MR) is 87.8 cm³/mol. The fraction of sp³-hybridized carbons (Fsp3) is 0.333. The lowest BCUT2D eigenvalue weighted by Crippen LogP contribution is -2.18. The Morgan fingerprint density at radius 3 is 2.64 bits per heavy atom. The molecule has 1 aliphatic rings. The van der Waals surface area contributed by atoms with E-state index in [1.807, 2.05) is 30.3 Å². The Kier molecular flexibility index (Phi) is 4.49. The molecule has 22 heavy (non-hydrogen) atoms. The second-order valence-corrected chi connectivity index (χ2v) is 6.09. The van der Waals surface area contributed by atoms with Crippen LogP contribution in [0.3, 0.4) is 0 Å². The Labute approximate surface area is 137 Å². The molecule has 3 rings (SSSR count). The smallest absolute Gasteiger partial charge is 0.238 e. The number of aromatic nitrogens is 3. The summed E-state index contributed by atoms with van der Waals surface area (Å²) in [6.45, 7) is 0. The summed E-state index contributed by atoms with van der Waals surface area (Å²) < 4.78 is 0.955. The molecule has 0 atom stereocenters. The van der Waals surface area contributed by atoms with E-state index in [4.69, 9.17) is 5.26 Å². The first-order valence-corrected chi connectivity index (χ1v) is 7.97. The Morgan fingerprint density at radius 2 is 1.91 bits per heavy atom. The standard InChI is InChI=1S/C15H15BrN6/c16-10-4-3-7-12(8-10)19-15-21-13(9-17)20-14(22-15)18-11-5-1-2-6-11/h3-4,7-8,11H,1-2,5-6H2,(H2,18,19,20,21,22). The van der Waals surface area contributed by atoms with E-state index in [1.54, 1.807) is 0 Å². The summed E-state index contributed by atoms with van der Waals surface area (Å²) >= 11 is 3.42. The molecule has 2 aromatic rings. The van der Waals surface area contributed by atoms with Crippen molar-refractivity contribution in [2.45, 2.75) is 31.7 Å². The Bertz CT molecular complexity index is 705. The molecule has 112 valence electrons. The van der Waals surface area contributed by atoms with Gasteiger partial charge in [-0.15, -0.1) is 0 Å². The van der Waals surface area contributed by atoms with Gasteiger partial charge in [-0.25, -0.2) is 0 Å². The van der Waals surface area contributed by atoms with E-state index in [-0.39, 0.29) is 5.82 Å². The number of halogens is 1. The molecule has 1 aliphatic carbocycles. The Balaban J connectivity index is 1.82. The minimum absolute atomic E-state index is 0.105. The molecule has 0 bridgehead atoms. The van der Waals surface area contributed by atoms with Gasteiger partial charge in [0.1, 0.15) is 6.07 Å². The van der Waals surface area contributed by atoms with E-state index in [1.165, 1.54) is 12.8 Å². The fourth-order valence-corrected chi connectivity index (χ4v) is 2.89. The Hall–Kier alpha value is -2.20. The summed E-state index contributed by atoms with van der Waals surface area (Å²) in [5.74, 6) is 0.925. The van der Waals surface area contributed by atoms with Crippen LogP contribution in [0.25, 0.3) is 0 Å². The molecule has 6 nitrogen and oxygen atoms in total. The van der Waals surface area contributed by atoms with Gasteiger partial charge >= 0.3 is 0 Å². The van der Waals surface area contributed by atoms with Gasteiger partial charge < -0.3 is 10.6 Å². The molecule has 1 aromatic heterocycles. The summed E-state index contributed by atoms with van der Waals surface area (Å²) in [5, 5.41) is 15.5.